The van der Waals surface area contributed by atoms with E-state index in [-0.39, 0.29) is 5.82 Å². The minimum absolute atomic E-state index is 0.303. The summed E-state index contributed by atoms with van der Waals surface area (Å²) in [4.78, 5) is 15.3. The molecular weight excluding hydrogens is 269 g/mol. The molecule has 0 aliphatic rings. The maximum absolute atomic E-state index is 13.4. The molecule has 112 valence electrons. The monoisotopic (exact) mass is 289 g/mol. The third kappa shape index (κ3) is 3.65. The molecule has 0 spiro atoms. The number of nitrogens with one attached hydrogen (secondary N) is 1. The van der Waals surface area contributed by atoms with Crippen LogP contribution in [0, 0.1) is 5.82 Å². The second kappa shape index (κ2) is 6.97. The summed E-state index contributed by atoms with van der Waals surface area (Å²) >= 11 is 0. The molecule has 0 fully saturated rings. The zero-order chi connectivity index (χ0) is 15.2. The van der Waals surface area contributed by atoms with Crippen molar-refractivity contribution in [1.82, 2.24) is 15.0 Å². The predicted molar refractivity (Wildman–Crippen MR) is 82.9 cm³/mol. The Hall–Kier alpha value is -2.24. The van der Waals surface area contributed by atoms with Crippen LogP contribution in [0.25, 0.3) is 11.4 Å². The highest BCUT2D eigenvalue weighted by molar-refractivity contribution is 5.58. The van der Waals surface area contributed by atoms with E-state index in [2.05, 4.69) is 20.3 Å². The van der Waals surface area contributed by atoms with Crippen molar-refractivity contribution in [2.24, 2.45) is 0 Å². The molecule has 0 aliphatic carbocycles. The fraction of sp³-hybridized carbons (Fsp3) is 0.400. The van der Waals surface area contributed by atoms with Gasteiger partial charge in [-0.2, -0.15) is 15.0 Å². The maximum Gasteiger partial charge on any atom is 0.230 e. The van der Waals surface area contributed by atoms with Crippen molar-refractivity contribution in [2.45, 2.75) is 20.8 Å². The van der Waals surface area contributed by atoms with E-state index in [0.717, 1.165) is 13.1 Å². The normalized spacial score (nSPS) is 10.5. The Morgan fingerprint density at radius 2 is 1.86 bits per heavy atom. The van der Waals surface area contributed by atoms with E-state index in [1.807, 2.05) is 25.7 Å². The molecule has 0 saturated heterocycles. The van der Waals surface area contributed by atoms with Gasteiger partial charge in [-0.15, -0.1) is 0 Å². The zero-order valence-corrected chi connectivity index (χ0v) is 12.6. The van der Waals surface area contributed by atoms with Crippen LogP contribution >= 0.6 is 0 Å². The SMILES string of the molecule is CCNc1nc(-c2cccc(F)c2)nc(N(CC)CC)n1. The minimum Gasteiger partial charge on any atom is -0.354 e. The van der Waals surface area contributed by atoms with Crippen LogP contribution in [0.4, 0.5) is 16.3 Å². The van der Waals surface area contributed by atoms with Crippen LogP contribution in [0.3, 0.4) is 0 Å². The highest BCUT2D eigenvalue weighted by atomic mass is 19.1. The molecule has 0 radical (unpaired) electrons. The molecule has 21 heavy (non-hydrogen) atoms. The summed E-state index contributed by atoms with van der Waals surface area (Å²) in [5.41, 5.74) is 0.643. The van der Waals surface area contributed by atoms with E-state index in [4.69, 9.17) is 0 Å². The molecule has 0 atom stereocenters. The molecule has 1 heterocycles. The van der Waals surface area contributed by atoms with Gasteiger partial charge in [-0.1, -0.05) is 12.1 Å². The second-order valence-electron chi connectivity index (χ2n) is 4.50. The number of hydrogen-bond acceptors (Lipinski definition) is 5. The van der Waals surface area contributed by atoms with Crippen LogP contribution in [-0.4, -0.2) is 34.6 Å². The summed E-state index contributed by atoms with van der Waals surface area (Å²) in [5.74, 6) is 1.28. The third-order valence-electron chi connectivity index (χ3n) is 3.09. The van der Waals surface area contributed by atoms with Gasteiger partial charge in [0.2, 0.25) is 11.9 Å². The summed E-state index contributed by atoms with van der Waals surface area (Å²) in [6.07, 6.45) is 0. The Balaban J connectivity index is 2.49. The molecule has 0 bridgehead atoms. The average molecular weight is 289 g/mol. The van der Waals surface area contributed by atoms with Gasteiger partial charge in [-0.25, -0.2) is 4.39 Å². The quantitative estimate of drug-likeness (QED) is 0.886. The van der Waals surface area contributed by atoms with Crippen LogP contribution in [-0.2, 0) is 0 Å². The lowest BCUT2D eigenvalue weighted by Gasteiger charge is -2.19. The lowest BCUT2D eigenvalue weighted by Crippen LogP contribution is -2.25. The van der Waals surface area contributed by atoms with Crippen molar-refractivity contribution >= 4 is 11.9 Å². The molecule has 6 heteroatoms. The number of aromatic nitrogens is 3. The molecule has 1 N–H and O–H groups in total. The maximum atomic E-state index is 13.4. The van der Waals surface area contributed by atoms with Gasteiger partial charge in [0.1, 0.15) is 5.82 Å². The Morgan fingerprint density at radius 3 is 2.48 bits per heavy atom. The molecule has 0 aliphatic heterocycles. The number of anilines is 2. The van der Waals surface area contributed by atoms with Gasteiger partial charge in [-0.05, 0) is 32.9 Å². The summed E-state index contributed by atoms with van der Waals surface area (Å²) in [5, 5.41) is 3.09. The fourth-order valence-corrected chi connectivity index (χ4v) is 2.01. The number of halogens is 1. The first-order valence-corrected chi connectivity index (χ1v) is 7.18. The minimum atomic E-state index is -0.303. The van der Waals surface area contributed by atoms with Gasteiger partial charge in [0, 0.05) is 25.2 Å². The van der Waals surface area contributed by atoms with E-state index >= 15 is 0 Å². The number of nitrogens with zero attached hydrogens (tertiary/aromatic N) is 4. The lowest BCUT2D eigenvalue weighted by atomic mass is 10.2. The van der Waals surface area contributed by atoms with Crippen LogP contribution in [0.2, 0.25) is 0 Å². The first-order chi connectivity index (χ1) is 10.2. The lowest BCUT2D eigenvalue weighted by molar-refractivity contribution is 0.628. The Kier molecular flexibility index (Phi) is 5.03. The molecule has 0 unspecified atom stereocenters. The van der Waals surface area contributed by atoms with E-state index in [1.165, 1.54) is 12.1 Å². The van der Waals surface area contributed by atoms with Gasteiger partial charge < -0.3 is 10.2 Å². The Morgan fingerprint density at radius 1 is 1.10 bits per heavy atom. The van der Waals surface area contributed by atoms with Crippen LogP contribution < -0.4 is 10.2 Å². The van der Waals surface area contributed by atoms with Gasteiger partial charge in [0.25, 0.3) is 0 Å². The van der Waals surface area contributed by atoms with Crippen molar-refractivity contribution < 1.29 is 4.39 Å². The van der Waals surface area contributed by atoms with Gasteiger partial charge >= 0.3 is 0 Å². The van der Waals surface area contributed by atoms with Gasteiger partial charge in [-0.3, -0.25) is 0 Å². The molecule has 2 rings (SSSR count). The van der Waals surface area contributed by atoms with Crippen LogP contribution in [0.1, 0.15) is 20.8 Å². The van der Waals surface area contributed by atoms with Gasteiger partial charge in [0.15, 0.2) is 5.82 Å². The molecule has 2 aromatic rings. The average Bonchev–Trinajstić information content (AvgIpc) is 2.49. The van der Waals surface area contributed by atoms with Crippen molar-refractivity contribution in [3.8, 4) is 11.4 Å². The van der Waals surface area contributed by atoms with Crippen molar-refractivity contribution in [3.05, 3.63) is 30.1 Å². The standard InChI is InChI=1S/C15H20FN5/c1-4-17-14-18-13(11-8-7-9-12(16)10-11)19-15(20-14)21(5-2)6-3/h7-10H,4-6H2,1-3H3,(H,17,18,19,20). The van der Waals surface area contributed by atoms with E-state index < -0.39 is 0 Å². The Labute approximate surface area is 124 Å². The molecule has 1 aromatic heterocycles. The number of benzene rings is 1. The topological polar surface area (TPSA) is 53.9 Å². The smallest absolute Gasteiger partial charge is 0.230 e. The van der Waals surface area contributed by atoms with Crippen LogP contribution in [0.5, 0.6) is 0 Å². The highest BCUT2D eigenvalue weighted by Crippen LogP contribution is 2.20. The van der Waals surface area contributed by atoms with E-state index in [0.29, 0.717) is 29.8 Å². The summed E-state index contributed by atoms with van der Waals surface area (Å²) in [6, 6.07) is 6.27. The fourth-order valence-electron chi connectivity index (χ4n) is 2.01. The molecule has 0 amide bonds. The van der Waals surface area contributed by atoms with Crippen molar-refractivity contribution in [2.75, 3.05) is 29.9 Å². The van der Waals surface area contributed by atoms with E-state index in [9.17, 15) is 4.39 Å². The first-order valence-electron chi connectivity index (χ1n) is 7.18. The predicted octanol–water partition coefficient (Wildman–Crippen LogP) is 2.96. The second-order valence-corrected chi connectivity index (χ2v) is 4.50. The highest BCUT2D eigenvalue weighted by Gasteiger charge is 2.12. The first kappa shape index (κ1) is 15.2. The van der Waals surface area contributed by atoms with E-state index in [1.54, 1.807) is 12.1 Å². The van der Waals surface area contributed by atoms with Gasteiger partial charge in [0.05, 0.1) is 0 Å². The Bertz CT molecular complexity index is 598. The van der Waals surface area contributed by atoms with Crippen molar-refractivity contribution in [1.29, 1.82) is 0 Å². The molecule has 0 saturated carbocycles. The largest absolute Gasteiger partial charge is 0.354 e. The molecule has 1 aromatic carbocycles. The summed E-state index contributed by atoms with van der Waals surface area (Å²) in [6.45, 7) is 8.38. The zero-order valence-electron chi connectivity index (χ0n) is 12.6. The van der Waals surface area contributed by atoms with Crippen molar-refractivity contribution in [3.63, 3.8) is 0 Å². The number of hydrogen-bond donors (Lipinski definition) is 1. The molecule has 5 nitrogen and oxygen atoms in total. The summed E-state index contributed by atoms with van der Waals surface area (Å²) in [7, 11) is 0. The number of rotatable bonds is 6. The summed E-state index contributed by atoms with van der Waals surface area (Å²) < 4.78 is 13.4. The third-order valence-corrected chi connectivity index (χ3v) is 3.09. The van der Waals surface area contributed by atoms with Crippen LogP contribution in [0.15, 0.2) is 24.3 Å². The molecular formula is C15H20FN5.